The Labute approximate surface area is 113 Å². The smallest absolute Gasteiger partial charge is 0.238 e. The molecule has 1 saturated heterocycles. The zero-order valence-electron chi connectivity index (χ0n) is 10.8. The van der Waals surface area contributed by atoms with Crippen LogP contribution in [0.25, 0.3) is 0 Å². The van der Waals surface area contributed by atoms with Gasteiger partial charge in [-0.05, 0) is 17.9 Å². The Kier molecular flexibility index (Phi) is 3.28. The number of amides is 2. The van der Waals surface area contributed by atoms with Crippen LogP contribution in [0.1, 0.15) is 20.8 Å². The van der Waals surface area contributed by atoms with E-state index in [-0.39, 0.29) is 42.1 Å². The van der Waals surface area contributed by atoms with E-state index in [2.05, 4.69) is 19.2 Å². The molecule has 0 aromatic rings. The third kappa shape index (κ3) is 1.62. The van der Waals surface area contributed by atoms with E-state index in [1.165, 1.54) is 4.90 Å². The van der Waals surface area contributed by atoms with Gasteiger partial charge in [-0.25, -0.2) is 0 Å². The molecule has 2 amide bonds. The average molecular weight is 271 g/mol. The lowest BCUT2D eigenvalue weighted by Crippen LogP contribution is -2.34. The molecule has 3 rings (SSSR count). The van der Waals surface area contributed by atoms with Gasteiger partial charge in [-0.2, -0.15) is 0 Å². The van der Waals surface area contributed by atoms with E-state index in [0.29, 0.717) is 11.8 Å². The van der Waals surface area contributed by atoms with Crippen molar-refractivity contribution in [1.82, 2.24) is 10.2 Å². The van der Waals surface area contributed by atoms with Crippen molar-refractivity contribution in [1.29, 1.82) is 0 Å². The summed E-state index contributed by atoms with van der Waals surface area (Å²) in [7, 11) is 0. The molecule has 1 N–H and O–H groups in total. The third-order valence-corrected chi connectivity index (χ3v) is 4.66. The first kappa shape index (κ1) is 13.6. The molecule has 0 spiro atoms. The number of hydrogen-bond acceptors (Lipinski definition) is 3. The highest BCUT2D eigenvalue weighted by atomic mass is 35.5. The van der Waals surface area contributed by atoms with E-state index in [1.807, 2.05) is 13.0 Å². The second-order valence-electron chi connectivity index (χ2n) is 5.56. The molecule has 2 unspecified atom stereocenters. The van der Waals surface area contributed by atoms with Crippen LogP contribution in [-0.2, 0) is 9.59 Å². The lowest BCUT2D eigenvalue weighted by Gasteiger charge is -2.15. The van der Waals surface area contributed by atoms with Crippen molar-refractivity contribution in [3.63, 3.8) is 0 Å². The number of hydrogen-bond donors (Lipinski definition) is 1. The zero-order valence-corrected chi connectivity index (χ0v) is 11.7. The van der Waals surface area contributed by atoms with Crippen molar-refractivity contribution in [2.75, 3.05) is 6.54 Å². The van der Waals surface area contributed by atoms with Gasteiger partial charge in [-0.3, -0.25) is 14.5 Å². The van der Waals surface area contributed by atoms with Gasteiger partial charge in [-0.15, -0.1) is 12.4 Å². The maximum absolute atomic E-state index is 12.4. The lowest BCUT2D eigenvalue weighted by atomic mass is 10.1. The maximum atomic E-state index is 12.4. The summed E-state index contributed by atoms with van der Waals surface area (Å²) in [5.74, 6) is 0.742. The molecule has 0 bridgehead atoms. The summed E-state index contributed by atoms with van der Waals surface area (Å²) < 4.78 is 0. The van der Waals surface area contributed by atoms with Crippen LogP contribution < -0.4 is 5.32 Å². The molecule has 2 fully saturated rings. The van der Waals surface area contributed by atoms with Gasteiger partial charge in [0.05, 0.1) is 12.0 Å². The van der Waals surface area contributed by atoms with Gasteiger partial charge in [0.25, 0.3) is 0 Å². The topological polar surface area (TPSA) is 49.4 Å². The van der Waals surface area contributed by atoms with Crippen LogP contribution in [0.2, 0.25) is 0 Å². The molecule has 2 heterocycles. The normalized spacial score (nSPS) is 41.3. The molecule has 100 valence electrons. The maximum Gasteiger partial charge on any atom is 0.238 e. The van der Waals surface area contributed by atoms with E-state index in [0.717, 1.165) is 12.2 Å². The number of likely N-dealkylation sites (tertiary alicyclic amines) is 1. The number of carbonyl (C=O) groups excluding carboxylic acids is 2. The summed E-state index contributed by atoms with van der Waals surface area (Å²) in [5.41, 5.74) is 0.888. The van der Waals surface area contributed by atoms with Crippen LogP contribution in [0.5, 0.6) is 0 Å². The van der Waals surface area contributed by atoms with Crippen LogP contribution in [0.4, 0.5) is 0 Å². The van der Waals surface area contributed by atoms with E-state index in [4.69, 9.17) is 0 Å². The highest BCUT2D eigenvalue weighted by molar-refractivity contribution is 6.03. The van der Waals surface area contributed by atoms with Gasteiger partial charge in [0.1, 0.15) is 0 Å². The monoisotopic (exact) mass is 270 g/mol. The first-order chi connectivity index (χ1) is 8.04. The molecular weight excluding hydrogens is 252 g/mol. The highest BCUT2D eigenvalue weighted by Gasteiger charge is 2.55. The summed E-state index contributed by atoms with van der Waals surface area (Å²) in [4.78, 5) is 25.9. The second-order valence-corrected chi connectivity index (χ2v) is 5.56. The Balaban J connectivity index is 0.00000120. The molecule has 4 atom stereocenters. The Morgan fingerprint density at radius 2 is 1.94 bits per heavy atom. The van der Waals surface area contributed by atoms with Crippen LogP contribution in [0.15, 0.2) is 11.8 Å². The summed E-state index contributed by atoms with van der Waals surface area (Å²) >= 11 is 0. The van der Waals surface area contributed by atoms with Crippen molar-refractivity contribution in [2.24, 2.45) is 23.7 Å². The highest BCUT2D eigenvalue weighted by Crippen LogP contribution is 2.48. The van der Waals surface area contributed by atoms with Gasteiger partial charge >= 0.3 is 0 Å². The molecule has 1 saturated carbocycles. The van der Waals surface area contributed by atoms with Crippen LogP contribution >= 0.6 is 12.4 Å². The molecule has 4 nitrogen and oxygen atoms in total. The van der Waals surface area contributed by atoms with Crippen LogP contribution in [0, 0.1) is 23.7 Å². The average Bonchev–Trinajstić information content (AvgIpc) is 2.69. The van der Waals surface area contributed by atoms with E-state index in [1.54, 1.807) is 0 Å². The fourth-order valence-corrected chi connectivity index (χ4v) is 3.16. The van der Waals surface area contributed by atoms with E-state index in [9.17, 15) is 9.59 Å². The Morgan fingerprint density at radius 1 is 1.33 bits per heavy atom. The SMILES string of the molecule is CC1C(C)C1C(=O)N1C(=O)[C@@H](C)[C@H]2NCC=C21.Cl. The van der Waals surface area contributed by atoms with Gasteiger partial charge in [0, 0.05) is 18.2 Å². The molecule has 0 aromatic heterocycles. The van der Waals surface area contributed by atoms with Gasteiger partial charge < -0.3 is 5.32 Å². The number of carbonyl (C=O) groups is 2. The second kappa shape index (κ2) is 4.35. The van der Waals surface area contributed by atoms with Crippen molar-refractivity contribution >= 4 is 24.2 Å². The molecular formula is C13H19ClN2O2. The molecule has 0 aromatic carbocycles. The van der Waals surface area contributed by atoms with Crippen LogP contribution in [0.3, 0.4) is 0 Å². The lowest BCUT2D eigenvalue weighted by molar-refractivity contribution is -0.142. The molecule has 0 radical (unpaired) electrons. The minimum absolute atomic E-state index is 0. The summed E-state index contributed by atoms with van der Waals surface area (Å²) in [6.07, 6.45) is 1.97. The number of rotatable bonds is 1. The van der Waals surface area contributed by atoms with Gasteiger partial charge in [0.2, 0.25) is 11.8 Å². The van der Waals surface area contributed by atoms with Gasteiger partial charge in [-0.1, -0.05) is 20.8 Å². The fourth-order valence-electron chi connectivity index (χ4n) is 3.16. The minimum atomic E-state index is -0.114. The molecule has 3 aliphatic rings. The number of nitrogens with zero attached hydrogens (tertiary/aromatic N) is 1. The quantitative estimate of drug-likeness (QED) is 0.728. The number of nitrogens with one attached hydrogen (secondary N) is 1. The summed E-state index contributed by atoms with van der Waals surface area (Å²) in [6, 6.07) is 0.0517. The molecule has 18 heavy (non-hydrogen) atoms. The largest absolute Gasteiger partial charge is 0.304 e. The van der Waals surface area contributed by atoms with Crippen LogP contribution in [-0.4, -0.2) is 29.3 Å². The minimum Gasteiger partial charge on any atom is -0.304 e. The van der Waals surface area contributed by atoms with Crippen molar-refractivity contribution < 1.29 is 9.59 Å². The van der Waals surface area contributed by atoms with Gasteiger partial charge in [0.15, 0.2) is 0 Å². The Bertz CT molecular complexity index is 427. The number of fused-ring (bicyclic) bond motifs is 1. The van der Waals surface area contributed by atoms with Crippen molar-refractivity contribution in [3.05, 3.63) is 11.8 Å². The number of imide groups is 1. The molecule has 2 aliphatic heterocycles. The molecule has 5 heteroatoms. The van der Waals surface area contributed by atoms with Crippen molar-refractivity contribution in [3.8, 4) is 0 Å². The number of halogens is 1. The standard InChI is InChI=1S/C13H18N2O2.ClH/c1-6-7(2)10(6)13(17)15-9-4-5-14-11(9)8(3)12(15)16;/h4,6-8,10-11,14H,5H2,1-3H3;1H/t6?,7?,8-,10?,11+;/m0./s1. The predicted molar refractivity (Wildman–Crippen MR) is 70.0 cm³/mol. The zero-order chi connectivity index (χ0) is 12.3. The predicted octanol–water partition coefficient (Wildman–Crippen LogP) is 1.17. The van der Waals surface area contributed by atoms with Crippen molar-refractivity contribution in [2.45, 2.75) is 26.8 Å². The molecule has 1 aliphatic carbocycles. The first-order valence-corrected chi connectivity index (χ1v) is 6.35. The Morgan fingerprint density at radius 3 is 2.50 bits per heavy atom. The first-order valence-electron chi connectivity index (χ1n) is 6.35. The Hall–Kier alpha value is -0.870. The summed E-state index contributed by atoms with van der Waals surface area (Å²) in [5, 5.41) is 3.26. The van der Waals surface area contributed by atoms with E-state index >= 15 is 0 Å². The van der Waals surface area contributed by atoms with E-state index < -0.39 is 0 Å². The third-order valence-electron chi connectivity index (χ3n) is 4.66. The fraction of sp³-hybridized carbons (Fsp3) is 0.692. The summed E-state index contributed by atoms with van der Waals surface area (Å²) in [6.45, 7) is 6.81.